The van der Waals surface area contributed by atoms with E-state index in [1.165, 1.54) is 4.52 Å². The van der Waals surface area contributed by atoms with Crippen molar-refractivity contribution in [2.24, 2.45) is 0 Å². The molecule has 0 aliphatic rings. The molecule has 0 unspecified atom stereocenters. The zero-order valence-corrected chi connectivity index (χ0v) is 25.6. The zero-order chi connectivity index (χ0) is 33.4. The molecule has 2 aromatic heterocycles. The summed E-state index contributed by atoms with van der Waals surface area (Å²) in [7, 11) is 0. The van der Waals surface area contributed by atoms with Crippen molar-refractivity contribution in [2.75, 3.05) is 6.61 Å². The molecule has 2 heterocycles. The van der Waals surface area contributed by atoms with E-state index in [0.717, 1.165) is 40.2 Å². The Hall–Kier alpha value is -5.73. The van der Waals surface area contributed by atoms with Gasteiger partial charge >= 0.3 is 29.8 Å². The number of carbonyl (C=O) groups excluding carboxylic acids is 5. The van der Waals surface area contributed by atoms with E-state index in [4.69, 9.17) is 33.8 Å². The maximum atomic E-state index is 12.5. The second kappa shape index (κ2) is 14.8. The van der Waals surface area contributed by atoms with Gasteiger partial charge in [0.1, 0.15) is 18.0 Å². The number of aromatic nitrogens is 5. The zero-order valence-electron chi connectivity index (χ0n) is 25.6. The van der Waals surface area contributed by atoms with E-state index in [-0.39, 0.29) is 11.6 Å². The molecule has 0 aliphatic heterocycles. The minimum absolute atomic E-state index is 0.00672. The van der Waals surface area contributed by atoms with Gasteiger partial charge in [0.15, 0.2) is 18.3 Å². The summed E-state index contributed by atoms with van der Waals surface area (Å²) in [6, 6.07) is 18.4. The lowest BCUT2D eigenvalue weighted by atomic mass is 10.0. The topological polar surface area (TPSA) is 187 Å². The SMILES string of the molecule is CC(=O)OC[C@@H](OC(C)=O)[C@@H](OC(C)=O)[C@H](OC(C)=O)[C@@H](OC(C)=O)c1nnc2nc(-c3ccccc3)c(-c3ccccc3)nn12. The lowest BCUT2D eigenvalue weighted by Gasteiger charge is -2.34. The van der Waals surface area contributed by atoms with Crippen LogP contribution in [-0.2, 0) is 47.7 Å². The fourth-order valence-corrected chi connectivity index (χ4v) is 4.61. The van der Waals surface area contributed by atoms with Crippen molar-refractivity contribution in [3.05, 3.63) is 66.5 Å². The Morgan fingerprint density at radius 2 is 1.15 bits per heavy atom. The summed E-state index contributed by atoms with van der Waals surface area (Å²) in [6.45, 7) is 4.82. The maximum Gasteiger partial charge on any atom is 0.303 e. The van der Waals surface area contributed by atoms with Crippen molar-refractivity contribution < 1.29 is 47.7 Å². The Labute approximate surface area is 262 Å². The average Bonchev–Trinajstić information content (AvgIpc) is 3.42. The number of fused-ring (bicyclic) bond motifs is 1. The summed E-state index contributed by atoms with van der Waals surface area (Å²) in [4.78, 5) is 65.7. The summed E-state index contributed by atoms with van der Waals surface area (Å²) in [5.74, 6) is -4.36. The number of benzene rings is 2. The summed E-state index contributed by atoms with van der Waals surface area (Å²) < 4.78 is 28.3. The van der Waals surface area contributed by atoms with Crippen molar-refractivity contribution in [3.8, 4) is 22.5 Å². The fourth-order valence-electron chi connectivity index (χ4n) is 4.61. The Bertz CT molecular complexity index is 1730. The number of carbonyl (C=O) groups is 5. The fraction of sp³-hybridized carbons (Fsp3) is 0.323. The van der Waals surface area contributed by atoms with Crippen LogP contribution in [0.5, 0.6) is 0 Å². The number of hydrogen-bond donors (Lipinski definition) is 0. The van der Waals surface area contributed by atoms with Crippen molar-refractivity contribution in [2.45, 2.75) is 59.0 Å². The van der Waals surface area contributed by atoms with Gasteiger partial charge in [-0.15, -0.1) is 10.2 Å². The molecule has 4 atom stereocenters. The van der Waals surface area contributed by atoms with Gasteiger partial charge in [-0.25, -0.2) is 4.98 Å². The normalized spacial score (nSPS) is 13.5. The molecule has 0 aliphatic carbocycles. The van der Waals surface area contributed by atoms with Gasteiger partial charge < -0.3 is 23.7 Å². The molecular formula is C31H31N5O10. The molecule has 0 spiro atoms. The van der Waals surface area contributed by atoms with Crippen LogP contribution < -0.4 is 0 Å². The van der Waals surface area contributed by atoms with Gasteiger partial charge in [0.2, 0.25) is 11.9 Å². The lowest BCUT2D eigenvalue weighted by Crippen LogP contribution is -2.50. The van der Waals surface area contributed by atoms with E-state index in [1.807, 2.05) is 60.7 Å². The minimum atomic E-state index is -1.71. The monoisotopic (exact) mass is 633 g/mol. The highest BCUT2D eigenvalue weighted by atomic mass is 16.6. The Morgan fingerprint density at radius 1 is 0.630 bits per heavy atom. The molecule has 0 N–H and O–H groups in total. The second-order valence-electron chi connectivity index (χ2n) is 9.94. The molecule has 2 aromatic carbocycles. The highest BCUT2D eigenvalue weighted by molar-refractivity contribution is 5.78. The molecule has 0 radical (unpaired) electrons. The van der Waals surface area contributed by atoms with Crippen LogP contribution in [0.25, 0.3) is 28.3 Å². The molecule has 46 heavy (non-hydrogen) atoms. The van der Waals surface area contributed by atoms with E-state index in [2.05, 4.69) is 10.2 Å². The van der Waals surface area contributed by atoms with E-state index in [9.17, 15) is 24.0 Å². The maximum absolute atomic E-state index is 12.5. The van der Waals surface area contributed by atoms with Crippen LogP contribution in [0.15, 0.2) is 60.7 Å². The number of hydrogen-bond acceptors (Lipinski definition) is 14. The summed E-state index contributed by atoms with van der Waals surface area (Å²) >= 11 is 0. The summed E-state index contributed by atoms with van der Waals surface area (Å²) in [5, 5.41) is 13.1. The molecule has 0 bridgehead atoms. The number of nitrogens with zero attached hydrogens (tertiary/aromatic N) is 5. The van der Waals surface area contributed by atoms with Gasteiger partial charge in [0, 0.05) is 45.7 Å². The molecule has 240 valence electrons. The molecule has 0 saturated carbocycles. The van der Waals surface area contributed by atoms with Crippen molar-refractivity contribution in [1.29, 1.82) is 0 Å². The second-order valence-corrected chi connectivity index (χ2v) is 9.94. The van der Waals surface area contributed by atoms with Crippen LogP contribution in [0.4, 0.5) is 0 Å². The molecule has 15 heteroatoms. The highest BCUT2D eigenvalue weighted by Gasteiger charge is 2.46. The van der Waals surface area contributed by atoms with Crippen molar-refractivity contribution >= 4 is 35.6 Å². The van der Waals surface area contributed by atoms with Gasteiger partial charge in [-0.1, -0.05) is 60.7 Å². The van der Waals surface area contributed by atoms with Gasteiger partial charge in [-0.05, 0) is 0 Å². The summed E-state index contributed by atoms with van der Waals surface area (Å²) in [6.07, 6.45) is -6.56. The van der Waals surface area contributed by atoms with E-state index in [0.29, 0.717) is 17.0 Å². The van der Waals surface area contributed by atoms with Gasteiger partial charge in [-0.2, -0.15) is 9.61 Å². The number of esters is 5. The van der Waals surface area contributed by atoms with E-state index >= 15 is 0 Å². The van der Waals surface area contributed by atoms with Crippen LogP contribution in [0.2, 0.25) is 0 Å². The predicted molar refractivity (Wildman–Crippen MR) is 157 cm³/mol. The molecule has 4 aromatic rings. The minimum Gasteiger partial charge on any atom is -0.462 e. The Kier molecular flexibility index (Phi) is 10.7. The molecular weight excluding hydrogens is 602 g/mol. The molecule has 15 nitrogen and oxygen atoms in total. The van der Waals surface area contributed by atoms with Gasteiger partial charge in [-0.3, -0.25) is 24.0 Å². The first-order valence-electron chi connectivity index (χ1n) is 14.0. The molecule has 0 fully saturated rings. The van der Waals surface area contributed by atoms with Gasteiger partial charge in [0.25, 0.3) is 5.78 Å². The molecule has 0 amide bonds. The predicted octanol–water partition coefficient (Wildman–Crippen LogP) is 2.82. The third-order valence-electron chi connectivity index (χ3n) is 6.29. The van der Waals surface area contributed by atoms with Gasteiger partial charge in [0.05, 0.1) is 0 Å². The first-order valence-corrected chi connectivity index (χ1v) is 14.0. The van der Waals surface area contributed by atoms with Crippen molar-refractivity contribution in [3.63, 3.8) is 0 Å². The standard InChI is InChI=1S/C31H31N5O10/c1-17(37)42-16-24(43-18(2)38)27(44-19(3)39)28(45-20(4)40)29(46-21(5)41)30-33-34-31-32-25(22-12-8-6-9-13-22)26(35-36(30)31)23-14-10-7-11-15-23/h6-15,24,27-29H,16H2,1-5H3/t24-,27-,28+,29-/m1/s1. The first kappa shape index (κ1) is 33.2. The Morgan fingerprint density at radius 3 is 1.67 bits per heavy atom. The molecule has 0 saturated heterocycles. The molecule has 4 rings (SSSR count). The first-order chi connectivity index (χ1) is 21.9. The van der Waals surface area contributed by atoms with Crippen LogP contribution >= 0.6 is 0 Å². The van der Waals surface area contributed by atoms with Crippen LogP contribution in [0.3, 0.4) is 0 Å². The largest absolute Gasteiger partial charge is 0.462 e. The van der Waals surface area contributed by atoms with E-state index < -0.39 is 60.9 Å². The summed E-state index contributed by atoms with van der Waals surface area (Å²) in [5.41, 5.74) is 2.31. The number of rotatable bonds is 12. The van der Waals surface area contributed by atoms with E-state index in [1.54, 1.807) is 0 Å². The van der Waals surface area contributed by atoms with Crippen molar-refractivity contribution in [1.82, 2.24) is 24.8 Å². The number of ether oxygens (including phenoxy) is 5. The Balaban J connectivity index is 1.95. The quantitative estimate of drug-likeness (QED) is 0.164. The smallest absolute Gasteiger partial charge is 0.303 e. The lowest BCUT2D eigenvalue weighted by molar-refractivity contribution is -0.204. The van der Waals surface area contributed by atoms with Crippen LogP contribution in [0, 0.1) is 0 Å². The average molecular weight is 634 g/mol. The van der Waals surface area contributed by atoms with Crippen LogP contribution in [-0.4, -0.2) is 79.6 Å². The third kappa shape index (κ3) is 8.25. The van der Waals surface area contributed by atoms with Crippen LogP contribution in [0.1, 0.15) is 46.5 Å². The third-order valence-corrected chi connectivity index (χ3v) is 6.29. The highest BCUT2D eigenvalue weighted by Crippen LogP contribution is 2.32.